The SMILES string of the molecule is CSc1ccc([N+](=O)[O-])c(C(=O)Nc2sc3c(c2C(N)=O)CCCCC3)c1. The first-order chi connectivity index (χ1) is 12.9. The molecule has 0 aliphatic heterocycles. The quantitative estimate of drug-likeness (QED) is 0.338. The van der Waals surface area contributed by atoms with E-state index in [2.05, 4.69) is 5.32 Å². The number of hydrogen-bond donors (Lipinski definition) is 2. The Balaban J connectivity index is 2.00. The maximum atomic E-state index is 12.8. The second-order valence-corrected chi connectivity index (χ2v) is 8.21. The largest absolute Gasteiger partial charge is 0.365 e. The molecule has 1 heterocycles. The fourth-order valence-electron chi connectivity index (χ4n) is 3.25. The second kappa shape index (κ2) is 8.10. The number of nitrogens with zero attached hydrogens (tertiary/aromatic N) is 1. The molecule has 0 bridgehead atoms. The van der Waals surface area contributed by atoms with Gasteiger partial charge in [-0.05, 0) is 49.6 Å². The Kier molecular flexibility index (Phi) is 5.81. The molecule has 1 aromatic carbocycles. The molecule has 3 N–H and O–H groups in total. The van der Waals surface area contributed by atoms with Crippen molar-refractivity contribution in [3.8, 4) is 0 Å². The number of nitro benzene ring substituents is 1. The molecule has 2 amide bonds. The molecule has 27 heavy (non-hydrogen) atoms. The summed E-state index contributed by atoms with van der Waals surface area (Å²) in [5.74, 6) is -1.20. The van der Waals surface area contributed by atoms with Crippen molar-refractivity contribution in [1.29, 1.82) is 0 Å². The van der Waals surface area contributed by atoms with Crippen LogP contribution in [0.3, 0.4) is 0 Å². The first-order valence-corrected chi connectivity index (χ1v) is 10.5. The Morgan fingerprint density at radius 3 is 2.67 bits per heavy atom. The van der Waals surface area contributed by atoms with Crippen LogP contribution in [0, 0.1) is 10.1 Å². The summed E-state index contributed by atoms with van der Waals surface area (Å²) in [4.78, 5) is 37.3. The van der Waals surface area contributed by atoms with E-state index in [-0.39, 0.29) is 11.3 Å². The minimum absolute atomic E-state index is 0.0362. The van der Waals surface area contributed by atoms with Crippen molar-refractivity contribution in [3.05, 3.63) is 49.9 Å². The van der Waals surface area contributed by atoms with Gasteiger partial charge in [-0.15, -0.1) is 23.1 Å². The topological polar surface area (TPSA) is 115 Å². The number of thioether (sulfide) groups is 1. The van der Waals surface area contributed by atoms with Crippen LogP contribution in [0.25, 0.3) is 0 Å². The van der Waals surface area contributed by atoms with Crippen molar-refractivity contribution in [2.75, 3.05) is 11.6 Å². The molecule has 1 aliphatic rings. The summed E-state index contributed by atoms with van der Waals surface area (Å²) in [6.07, 6.45) is 6.51. The van der Waals surface area contributed by atoms with Gasteiger partial charge in [-0.3, -0.25) is 19.7 Å². The van der Waals surface area contributed by atoms with Crippen molar-refractivity contribution < 1.29 is 14.5 Å². The standard InChI is InChI=1S/C18H19N3O4S2/c1-26-10-7-8-13(21(24)25)12(9-10)17(23)20-18-15(16(19)22)11-5-3-2-4-6-14(11)27-18/h7-9H,2-6H2,1H3,(H2,19,22)(H,20,23). The van der Waals surface area contributed by atoms with E-state index in [0.29, 0.717) is 10.6 Å². The van der Waals surface area contributed by atoms with Gasteiger partial charge in [0.15, 0.2) is 0 Å². The van der Waals surface area contributed by atoms with Gasteiger partial charge < -0.3 is 11.1 Å². The van der Waals surface area contributed by atoms with Crippen LogP contribution in [-0.2, 0) is 12.8 Å². The predicted molar refractivity (Wildman–Crippen MR) is 107 cm³/mol. The maximum absolute atomic E-state index is 12.8. The third-order valence-electron chi connectivity index (χ3n) is 4.54. The summed E-state index contributed by atoms with van der Waals surface area (Å²) in [6, 6.07) is 4.40. The first kappa shape index (κ1) is 19.4. The molecule has 2 aromatic rings. The van der Waals surface area contributed by atoms with Gasteiger partial charge in [0, 0.05) is 15.8 Å². The van der Waals surface area contributed by atoms with Gasteiger partial charge >= 0.3 is 0 Å². The highest BCUT2D eigenvalue weighted by molar-refractivity contribution is 7.98. The van der Waals surface area contributed by atoms with Crippen LogP contribution >= 0.6 is 23.1 Å². The van der Waals surface area contributed by atoms with Crippen LogP contribution < -0.4 is 11.1 Å². The Morgan fingerprint density at radius 1 is 1.26 bits per heavy atom. The fourth-order valence-corrected chi connectivity index (χ4v) is 4.97. The first-order valence-electron chi connectivity index (χ1n) is 8.50. The molecule has 1 aromatic heterocycles. The molecule has 0 radical (unpaired) electrons. The zero-order chi connectivity index (χ0) is 19.6. The minimum atomic E-state index is -0.614. The molecule has 142 valence electrons. The zero-order valence-corrected chi connectivity index (χ0v) is 16.4. The molecule has 9 heteroatoms. The number of nitro groups is 1. The van der Waals surface area contributed by atoms with Gasteiger partial charge in [0.05, 0.1) is 10.5 Å². The number of anilines is 1. The lowest BCUT2D eigenvalue weighted by molar-refractivity contribution is -0.385. The van der Waals surface area contributed by atoms with Crippen molar-refractivity contribution >= 4 is 45.6 Å². The average molecular weight is 406 g/mol. The van der Waals surface area contributed by atoms with Gasteiger partial charge in [0.2, 0.25) is 0 Å². The van der Waals surface area contributed by atoms with Gasteiger partial charge in [-0.1, -0.05) is 6.42 Å². The molecular formula is C18H19N3O4S2. The lowest BCUT2D eigenvalue weighted by Crippen LogP contribution is -2.18. The van der Waals surface area contributed by atoms with Gasteiger partial charge in [0.1, 0.15) is 10.6 Å². The molecule has 1 aliphatic carbocycles. The van der Waals surface area contributed by atoms with E-state index >= 15 is 0 Å². The Labute approximate surface area is 164 Å². The molecule has 0 unspecified atom stereocenters. The summed E-state index contributed by atoms with van der Waals surface area (Å²) in [6.45, 7) is 0. The van der Waals surface area contributed by atoms with Crippen LogP contribution in [0.5, 0.6) is 0 Å². The Bertz CT molecular complexity index is 924. The van der Waals surface area contributed by atoms with E-state index in [0.717, 1.165) is 47.4 Å². The molecular weight excluding hydrogens is 386 g/mol. The number of amides is 2. The summed E-state index contributed by atoms with van der Waals surface area (Å²) in [7, 11) is 0. The number of fused-ring (bicyclic) bond motifs is 1. The number of nitrogens with one attached hydrogen (secondary N) is 1. The number of rotatable bonds is 5. The number of benzene rings is 1. The van der Waals surface area contributed by atoms with Crippen molar-refractivity contribution in [1.82, 2.24) is 0 Å². The molecule has 0 atom stereocenters. The van der Waals surface area contributed by atoms with Gasteiger partial charge in [-0.25, -0.2) is 0 Å². The number of carbonyl (C=O) groups is 2. The third kappa shape index (κ3) is 3.98. The zero-order valence-electron chi connectivity index (χ0n) is 14.7. The number of primary amides is 1. The summed E-state index contributed by atoms with van der Waals surface area (Å²) in [5.41, 5.74) is 6.52. The van der Waals surface area contributed by atoms with E-state index in [4.69, 9.17) is 5.73 Å². The van der Waals surface area contributed by atoms with E-state index in [1.807, 2.05) is 6.26 Å². The lowest BCUT2D eigenvalue weighted by Gasteiger charge is -2.08. The highest BCUT2D eigenvalue weighted by Gasteiger charge is 2.27. The smallest absolute Gasteiger partial charge is 0.282 e. The van der Waals surface area contributed by atoms with E-state index in [9.17, 15) is 19.7 Å². The molecule has 0 fully saturated rings. The molecule has 3 rings (SSSR count). The predicted octanol–water partition coefficient (Wildman–Crippen LogP) is 4.00. The highest BCUT2D eigenvalue weighted by Crippen LogP contribution is 2.38. The second-order valence-electron chi connectivity index (χ2n) is 6.23. The van der Waals surface area contributed by atoms with Gasteiger partial charge in [-0.2, -0.15) is 0 Å². The summed E-state index contributed by atoms with van der Waals surface area (Å²) >= 11 is 2.73. The number of aryl methyl sites for hydroxylation is 1. The number of carbonyl (C=O) groups excluding carboxylic acids is 2. The number of nitrogens with two attached hydrogens (primary N) is 1. The van der Waals surface area contributed by atoms with Crippen molar-refractivity contribution in [3.63, 3.8) is 0 Å². The van der Waals surface area contributed by atoms with Crippen molar-refractivity contribution in [2.45, 2.75) is 37.0 Å². The number of hydrogen-bond acceptors (Lipinski definition) is 6. The van der Waals surface area contributed by atoms with Gasteiger partial charge in [0.25, 0.3) is 17.5 Å². The Morgan fingerprint density at radius 2 is 2.00 bits per heavy atom. The van der Waals surface area contributed by atoms with Crippen LogP contribution in [-0.4, -0.2) is 23.0 Å². The summed E-state index contributed by atoms with van der Waals surface area (Å²) < 4.78 is 0. The monoisotopic (exact) mass is 405 g/mol. The van der Waals surface area contributed by atoms with E-state index in [1.165, 1.54) is 35.2 Å². The van der Waals surface area contributed by atoms with Crippen LogP contribution in [0.2, 0.25) is 0 Å². The lowest BCUT2D eigenvalue weighted by atomic mass is 10.0. The number of thiophene rings is 1. The molecule has 7 nitrogen and oxygen atoms in total. The average Bonchev–Trinajstić information content (AvgIpc) is 2.82. The van der Waals surface area contributed by atoms with E-state index in [1.54, 1.807) is 6.07 Å². The fraction of sp³-hybridized carbons (Fsp3) is 0.333. The van der Waals surface area contributed by atoms with Crippen LogP contribution in [0.4, 0.5) is 10.7 Å². The third-order valence-corrected chi connectivity index (χ3v) is 6.47. The molecule has 0 saturated heterocycles. The normalized spacial score (nSPS) is 13.5. The summed E-state index contributed by atoms with van der Waals surface area (Å²) in [5, 5.41) is 14.4. The Hall–Kier alpha value is -2.39. The van der Waals surface area contributed by atoms with E-state index < -0.39 is 16.7 Å². The molecule has 0 saturated carbocycles. The minimum Gasteiger partial charge on any atom is -0.365 e. The van der Waals surface area contributed by atoms with Crippen LogP contribution in [0.15, 0.2) is 23.1 Å². The molecule has 0 spiro atoms. The van der Waals surface area contributed by atoms with Crippen molar-refractivity contribution in [2.24, 2.45) is 5.73 Å². The highest BCUT2D eigenvalue weighted by atomic mass is 32.2. The van der Waals surface area contributed by atoms with Crippen LogP contribution in [0.1, 0.15) is 50.4 Å². The maximum Gasteiger partial charge on any atom is 0.282 e.